The van der Waals surface area contributed by atoms with Crippen molar-refractivity contribution in [1.82, 2.24) is 15.3 Å². The number of esters is 1. The van der Waals surface area contributed by atoms with Gasteiger partial charge >= 0.3 is 12.1 Å². The number of carbonyl (C=O) groups is 2. The molecule has 0 aliphatic carbocycles. The Kier molecular flexibility index (Phi) is 5.64. The van der Waals surface area contributed by atoms with E-state index in [4.69, 9.17) is 4.74 Å². The van der Waals surface area contributed by atoms with E-state index in [1.54, 1.807) is 12.3 Å². The molecule has 0 spiro atoms. The largest absolute Gasteiger partial charge is 0.422 e. The first-order valence-corrected chi connectivity index (χ1v) is 9.65. The van der Waals surface area contributed by atoms with Crippen LogP contribution >= 0.6 is 0 Å². The zero-order valence-corrected chi connectivity index (χ0v) is 16.3. The number of aromatic amines is 1. The zero-order chi connectivity index (χ0) is 22.0. The maximum atomic E-state index is 13.1. The molecule has 3 heterocycles. The summed E-state index contributed by atoms with van der Waals surface area (Å²) in [5.74, 6) is -2.31. The second-order valence-corrected chi connectivity index (χ2v) is 7.30. The van der Waals surface area contributed by atoms with Crippen molar-refractivity contribution in [1.29, 1.82) is 0 Å². The predicted octanol–water partition coefficient (Wildman–Crippen LogP) is 3.28. The van der Waals surface area contributed by atoms with E-state index in [0.29, 0.717) is 37.3 Å². The summed E-state index contributed by atoms with van der Waals surface area (Å²) in [6.07, 6.45) is -1.81. The first-order chi connectivity index (χ1) is 14.8. The van der Waals surface area contributed by atoms with E-state index in [9.17, 15) is 22.8 Å². The number of halogens is 3. The number of amides is 1. The number of hydrogen-bond acceptors (Lipinski definition) is 5. The second kappa shape index (κ2) is 8.38. The Morgan fingerprint density at radius 1 is 1.23 bits per heavy atom. The van der Waals surface area contributed by atoms with Gasteiger partial charge in [0.2, 0.25) is 5.91 Å². The van der Waals surface area contributed by atoms with Crippen LogP contribution in [-0.4, -0.2) is 34.9 Å². The van der Waals surface area contributed by atoms with Gasteiger partial charge in [0.05, 0.1) is 17.9 Å². The monoisotopic (exact) mass is 432 g/mol. The lowest BCUT2D eigenvalue weighted by Gasteiger charge is -2.15. The average molecular weight is 432 g/mol. The molecule has 10 heteroatoms. The molecule has 1 fully saturated rings. The molecule has 1 aliphatic heterocycles. The molecule has 2 aromatic heterocycles. The van der Waals surface area contributed by atoms with Crippen molar-refractivity contribution in [3.05, 3.63) is 53.9 Å². The molecule has 0 saturated carbocycles. The number of ether oxygens (including phenoxy) is 1. The van der Waals surface area contributed by atoms with Gasteiger partial charge in [0, 0.05) is 24.5 Å². The summed E-state index contributed by atoms with van der Waals surface area (Å²) in [5, 5.41) is 6.44. The maximum absolute atomic E-state index is 13.1. The molecular formula is C21H19F3N4O3. The minimum absolute atomic E-state index is 0.0302. The smallest absolute Gasteiger partial charge is 0.418 e. The lowest BCUT2D eigenvalue weighted by atomic mass is 10.1. The number of aromatic nitrogens is 2. The van der Waals surface area contributed by atoms with Crippen molar-refractivity contribution in [3.63, 3.8) is 0 Å². The molecule has 7 nitrogen and oxygen atoms in total. The molecule has 3 N–H and O–H groups in total. The molecule has 3 aromatic rings. The van der Waals surface area contributed by atoms with Crippen LogP contribution < -0.4 is 15.4 Å². The third-order valence-electron chi connectivity index (χ3n) is 5.03. The number of nitrogens with zero attached hydrogens (tertiary/aromatic N) is 1. The van der Waals surface area contributed by atoms with Crippen LogP contribution in [0.15, 0.2) is 42.7 Å². The van der Waals surface area contributed by atoms with Crippen LogP contribution in [-0.2, 0) is 22.2 Å². The number of fused-ring (bicyclic) bond motifs is 1. The van der Waals surface area contributed by atoms with Gasteiger partial charge in [-0.25, -0.2) is 4.98 Å². The number of hydrogen-bond donors (Lipinski definition) is 3. The van der Waals surface area contributed by atoms with Gasteiger partial charge in [-0.15, -0.1) is 0 Å². The second-order valence-electron chi connectivity index (χ2n) is 7.30. The number of benzene rings is 1. The van der Waals surface area contributed by atoms with E-state index in [2.05, 4.69) is 20.6 Å². The number of pyridine rings is 1. The number of nitrogens with one attached hydrogen (secondary N) is 3. The molecular weight excluding hydrogens is 413 g/mol. The molecule has 1 aromatic carbocycles. The molecule has 31 heavy (non-hydrogen) atoms. The predicted molar refractivity (Wildman–Crippen MR) is 106 cm³/mol. The highest BCUT2D eigenvalue weighted by molar-refractivity contribution is 5.94. The lowest BCUT2D eigenvalue weighted by Crippen LogP contribution is -2.24. The number of carbonyl (C=O) groups excluding carboxylic acids is 2. The van der Waals surface area contributed by atoms with Crippen LogP contribution in [0.3, 0.4) is 0 Å². The van der Waals surface area contributed by atoms with Crippen LogP contribution in [0.25, 0.3) is 10.9 Å². The molecule has 162 valence electrons. The zero-order valence-electron chi connectivity index (χ0n) is 16.3. The Morgan fingerprint density at radius 3 is 2.81 bits per heavy atom. The summed E-state index contributed by atoms with van der Waals surface area (Å²) in [4.78, 5) is 31.6. The minimum atomic E-state index is -4.67. The van der Waals surface area contributed by atoms with Gasteiger partial charge in [0.1, 0.15) is 0 Å². The molecule has 1 aliphatic rings. The number of rotatable bonds is 5. The number of anilines is 1. The van der Waals surface area contributed by atoms with Crippen molar-refractivity contribution in [2.45, 2.75) is 19.0 Å². The molecule has 4 rings (SSSR count). The van der Waals surface area contributed by atoms with Gasteiger partial charge in [-0.1, -0.05) is 12.1 Å². The van der Waals surface area contributed by atoms with Crippen molar-refractivity contribution in [3.8, 4) is 5.75 Å². The highest BCUT2D eigenvalue weighted by Crippen LogP contribution is 2.34. The topological polar surface area (TPSA) is 96.1 Å². The summed E-state index contributed by atoms with van der Waals surface area (Å²) >= 11 is 0. The summed E-state index contributed by atoms with van der Waals surface area (Å²) in [6.45, 7) is 1.00. The van der Waals surface area contributed by atoms with E-state index < -0.39 is 35.3 Å². The van der Waals surface area contributed by atoms with Gasteiger partial charge < -0.3 is 20.4 Å². The first kappa shape index (κ1) is 20.9. The van der Waals surface area contributed by atoms with Crippen LogP contribution in [0, 0.1) is 5.92 Å². The Hall–Kier alpha value is -3.40. The molecule has 0 unspecified atom stereocenters. The lowest BCUT2D eigenvalue weighted by molar-refractivity contribution is -0.140. The highest BCUT2D eigenvalue weighted by atomic mass is 19.4. The summed E-state index contributed by atoms with van der Waals surface area (Å²) in [6, 6.07) is 8.01. The molecule has 1 atom stereocenters. The van der Waals surface area contributed by atoms with Gasteiger partial charge in [0.15, 0.2) is 11.6 Å². The first-order valence-electron chi connectivity index (χ1n) is 9.65. The fourth-order valence-corrected chi connectivity index (χ4v) is 3.39. The van der Waals surface area contributed by atoms with E-state index in [-0.39, 0.29) is 12.2 Å². The number of alkyl halides is 3. The van der Waals surface area contributed by atoms with Crippen LogP contribution in [0.4, 0.5) is 19.0 Å². The Bertz CT molecular complexity index is 1120. The van der Waals surface area contributed by atoms with Gasteiger partial charge in [-0.3, -0.25) is 9.59 Å². The third kappa shape index (κ3) is 4.85. The standard InChI is InChI=1S/C21H19F3N4O3/c22-21(23,24)15-9-17(31-20(30)14-3-5-25-10-14)19(27-11-15)28-18(29)8-12-1-2-13-4-6-26-16(13)7-12/h1-2,4,6-7,9,11,14,25-26H,3,5,8,10H2,(H,27,28,29)/t14-/m0/s1. The molecule has 1 saturated heterocycles. The Balaban J connectivity index is 1.53. The van der Waals surface area contributed by atoms with Crippen LogP contribution in [0.5, 0.6) is 5.75 Å². The Labute approximate surface area is 175 Å². The van der Waals surface area contributed by atoms with E-state index in [1.807, 2.05) is 18.2 Å². The minimum Gasteiger partial charge on any atom is -0.422 e. The third-order valence-corrected chi connectivity index (χ3v) is 5.03. The van der Waals surface area contributed by atoms with Gasteiger partial charge in [0.25, 0.3) is 0 Å². The van der Waals surface area contributed by atoms with Crippen molar-refractivity contribution in [2.24, 2.45) is 5.92 Å². The normalized spacial score (nSPS) is 16.4. The van der Waals surface area contributed by atoms with E-state index in [0.717, 1.165) is 10.9 Å². The van der Waals surface area contributed by atoms with Crippen molar-refractivity contribution in [2.75, 3.05) is 18.4 Å². The summed E-state index contributed by atoms with van der Waals surface area (Å²) in [7, 11) is 0. The van der Waals surface area contributed by atoms with Crippen LogP contribution in [0.1, 0.15) is 17.5 Å². The van der Waals surface area contributed by atoms with Crippen molar-refractivity contribution < 1.29 is 27.5 Å². The fraction of sp³-hybridized carbons (Fsp3) is 0.286. The Morgan fingerprint density at radius 2 is 2.06 bits per heavy atom. The number of H-pyrrole nitrogens is 1. The summed E-state index contributed by atoms with van der Waals surface area (Å²) < 4.78 is 44.5. The van der Waals surface area contributed by atoms with E-state index >= 15 is 0 Å². The maximum Gasteiger partial charge on any atom is 0.418 e. The van der Waals surface area contributed by atoms with Gasteiger partial charge in [-0.2, -0.15) is 13.2 Å². The summed E-state index contributed by atoms with van der Waals surface area (Å²) in [5.41, 5.74) is 0.489. The molecule has 1 amide bonds. The molecule has 0 bridgehead atoms. The van der Waals surface area contributed by atoms with E-state index in [1.165, 1.54) is 0 Å². The average Bonchev–Trinajstić information content (AvgIpc) is 3.40. The fourth-order valence-electron chi connectivity index (χ4n) is 3.39. The SMILES string of the molecule is O=C(Cc1ccc2cc[nH]c2c1)Nc1ncc(C(F)(F)F)cc1OC(=O)[C@H]1CCNC1. The van der Waals surface area contributed by atoms with Crippen LogP contribution in [0.2, 0.25) is 0 Å². The van der Waals surface area contributed by atoms with Gasteiger partial charge in [-0.05, 0) is 42.1 Å². The molecule has 0 radical (unpaired) electrons. The van der Waals surface area contributed by atoms with Crippen molar-refractivity contribution >= 4 is 28.6 Å². The highest BCUT2D eigenvalue weighted by Gasteiger charge is 2.33. The quantitative estimate of drug-likeness (QED) is 0.538.